The molecule has 2 aromatic carbocycles. The lowest BCUT2D eigenvalue weighted by molar-refractivity contribution is -0.194. The molecule has 48 heavy (non-hydrogen) atoms. The molecule has 7 N–H and O–H groups in total. The second-order valence-electron chi connectivity index (χ2n) is 12.8. The molecule has 11 heteroatoms. The van der Waals surface area contributed by atoms with E-state index in [1.807, 2.05) is 25.1 Å². The van der Waals surface area contributed by atoms with Crippen molar-refractivity contribution in [3.63, 3.8) is 0 Å². The highest BCUT2D eigenvalue weighted by Crippen LogP contribution is 2.48. The molecule has 0 bridgehead atoms. The minimum atomic E-state index is -2.06. The highest BCUT2D eigenvalue weighted by molar-refractivity contribution is 7.99. The number of hydroxylamine groups is 2. The molecule has 2 unspecified atom stereocenters. The number of carbonyl (C=O) groups excluding carboxylic acids is 1. The van der Waals surface area contributed by atoms with Gasteiger partial charge < -0.3 is 41.0 Å². The van der Waals surface area contributed by atoms with Crippen molar-refractivity contribution in [2.45, 2.75) is 134 Å². The Morgan fingerprint density at radius 2 is 1.52 bits per heavy atom. The van der Waals surface area contributed by atoms with E-state index in [2.05, 4.69) is 65.1 Å². The number of aliphatic hydroxyl groups is 5. The van der Waals surface area contributed by atoms with Crippen LogP contribution >= 0.6 is 11.8 Å². The maximum absolute atomic E-state index is 12.8. The normalized spacial score (nSPS) is 18.0. The van der Waals surface area contributed by atoms with Gasteiger partial charge in [-0.15, -0.1) is 11.8 Å². The fraction of sp³-hybridized carbons (Fsp3) is 0.649. The molecule has 5 atom stereocenters. The summed E-state index contributed by atoms with van der Waals surface area (Å²) in [7, 11) is 3.94. The van der Waals surface area contributed by atoms with Gasteiger partial charge in [0, 0.05) is 36.1 Å². The van der Waals surface area contributed by atoms with Gasteiger partial charge in [0.25, 0.3) is 5.91 Å². The van der Waals surface area contributed by atoms with Gasteiger partial charge in [-0.3, -0.25) is 4.79 Å². The number of hydrogen-bond donors (Lipinski definition) is 7. The van der Waals surface area contributed by atoms with Gasteiger partial charge in [-0.2, -0.15) is 5.06 Å². The van der Waals surface area contributed by atoms with E-state index in [-0.39, 0.29) is 0 Å². The van der Waals surface area contributed by atoms with E-state index < -0.39 is 48.5 Å². The summed E-state index contributed by atoms with van der Waals surface area (Å²) >= 11 is 1.76. The summed E-state index contributed by atoms with van der Waals surface area (Å²) in [6, 6.07) is 12.7. The third kappa shape index (κ3) is 12.3. The monoisotopic (exact) mass is 693 g/mol. The van der Waals surface area contributed by atoms with Gasteiger partial charge in [0.2, 0.25) is 0 Å². The molecule has 274 valence electrons. The molecule has 0 fully saturated rings. The van der Waals surface area contributed by atoms with Crippen LogP contribution in [0.4, 0.5) is 11.4 Å². The Morgan fingerprint density at radius 1 is 0.938 bits per heavy atom. The van der Waals surface area contributed by atoms with Crippen molar-refractivity contribution in [3.8, 4) is 0 Å². The Bertz CT molecular complexity index is 1190. The first-order chi connectivity index (χ1) is 22.8. The van der Waals surface area contributed by atoms with Crippen LogP contribution in [0.3, 0.4) is 0 Å². The molecule has 1 aliphatic heterocycles. The molecule has 0 spiro atoms. The van der Waals surface area contributed by atoms with Crippen LogP contribution in [0, 0.1) is 0 Å². The molecular weight excluding hydrogens is 630 g/mol. The Kier molecular flexibility index (Phi) is 20.5. The third-order valence-corrected chi connectivity index (χ3v) is 9.38. The highest BCUT2D eigenvalue weighted by Gasteiger charge is 2.44. The fourth-order valence-corrected chi connectivity index (χ4v) is 6.70. The van der Waals surface area contributed by atoms with E-state index in [1.54, 1.807) is 30.0 Å². The number of rotatable bonds is 14. The summed E-state index contributed by atoms with van der Waals surface area (Å²) in [6.45, 7) is 12.0. The molecule has 1 amide bonds. The van der Waals surface area contributed by atoms with Crippen molar-refractivity contribution in [3.05, 3.63) is 53.6 Å². The number of thioether (sulfide) groups is 1. The number of amides is 1. The number of hydrogen-bond acceptors (Lipinski definition) is 10. The molecule has 2 aromatic rings. The van der Waals surface area contributed by atoms with E-state index in [0.717, 1.165) is 66.0 Å². The van der Waals surface area contributed by atoms with Gasteiger partial charge >= 0.3 is 0 Å². The molecule has 0 saturated carbocycles. The van der Waals surface area contributed by atoms with Gasteiger partial charge in [-0.1, -0.05) is 92.2 Å². The van der Waals surface area contributed by atoms with Crippen molar-refractivity contribution in [2.24, 2.45) is 0 Å². The lowest BCUT2D eigenvalue weighted by Crippen LogP contribution is -2.50. The first-order valence-corrected chi connectivity index (χ1v) is 18.5. The number of fused-ring (bicyclic) bond motifs is 1. The number of unbranched alkanes of at least 4 members (excludes halogenated alkanes) is 2. The summed E-state index contributed by atoms with van der Waals surface area (Å²) in [4.78, 5) is 15.9. The van der Waals surface area contributed by atoms with Crippen molar-refractivity contribution in [1.82, 2.24) is 5.06 Å². The van der Waals surface area contributed by atoms with Gasteiger partial charge in [-0.05, 0) is 54.3 Å². The van der Waals surface area contributed by atoms with Crippen LogP contribution in [0.15, 0.2) is 47.4 Å². The largest absolute Gasteiger partial charge is 0.394 e. The molecular formula is C37H63N3O7S. The maximum Gasteiger partial charge on any atom is 0.256 e. The molecule has 1 heterocycles. The topological polar surface area (TPSA) is 157 Å². The molecule has 1 aliphatic rings. The van der Waals surface area contributed by atoms with Crippen LogP contribution < -0.4 is 10.2 Å². The minimum Gasteiger partial charge on any atom is -0.394 e. The summed E-state index contributed by atoms with van der Waals surface area (Å²) < 4.78 is 0. The lowest BCUT2D eigenvalue weighted by atomic mass is 9.85. The lowest BCUT2D eigenvalue weighted by Gasteiger charge is -2.43. The van der Waals surface area contributed by atoms with Crippen LogP contribution in [0.1, 0.15) is 110 Å². The minimum absolute atomic E-state index is 0.323. The van der Waals surface area contributed by atoms with Gasteiger partial charge in [-0.25, -0.2) is 0 Å². The maximum atomic E-state index is 12.8. The smallest absolute Gasteiger partial charge is 0.256 e. The number of nitrogens with one attached hydrogen (secondary N) is 1. The fourth-order valence-electron chi connectivity index (χ4n) is 5.35. The number of aliphatic hydroxyl groups excluding tert-OH is 5. The number of benzene rings is 2. The van der Waals surface area contributed by atoms with E-state index in [1.165, 1.54) is 17.9 Å². The zero-order valence-corrected chi connectivity index (χ0v) is 31.2. The molecule has 0 saturated heterocycles. The van der Waals surface area contributed by atoms with Gasteiger partial charge in [0.1, 0.15) is 18.3 Å². The number of anilines is 2. The molecule has 0 aliphatic carbocycles. The standard InChI is InChI=1S/C31H47N3O7S.2C3H8/c1-5-7-14-31(15-8-6-2)19-42-25-13-12-22(33(3)4)17-23(25)26(34(31)41)20-10-9-11-21(16-20)32-30(40)29(39)28(38)27(37)24(36)18-35;2*1-3-2/h9-13,16-17,24,26-29,35-39,41H,5-8,14-15,18-19H2,1-4H3,(H,32,40);2*3H2,1-2H3/t24?,26?,27-,28+,29-;;/m1../s1. The molecule has 0 radical (unpaired) electrons. The van der Waals surface area contributed by atoms with Gasteiger partial charge in [0.05, 0.1) is 18.2 Å². The number of nitrogens with zero attached hydrogens (tertiary/aromatic N) is 2. The number of carbonyl (C=O) groups is 1. The van der Waals surface area contributed by atoms with Crippen molar-refractivity contribution in [1.29, 1.82) is 0 Å². The van der Waals surface area contributed by atoms with Crippen molar-refractivity contribution in [2.75, 3.05) is 36.7 Å². The van der Waals surface area contributed by atoms with E-state index >= 15 is 0 Å². The Labute approximate surface area is 293 Å². The average Bonchev–Trinajstić information content (AvgIpc) is 3.19. The van der Waals surface area contributed by atoms with Crippen LogP contribution in [0.2, 0.25) is 0 Å². The Morgan fingerprint density at radius 3 is 2.04 bits per heavy atom. The summed E-state index contributed by atoms with van der Waals surface area (Å²) in [6.07, 6.45) is 0.409. The molecule has 10 nitrogen and oxygen atoms in total. The highest BCUT2D eigenvalue weighted by atomic mass is 32.2. The zero-order chi connectivity index (χ0) is 36.4. The average molecular weight is 694 g/mol. The van der Waals surface area contributed by atoms with Crippen LogP contribution in [-0.2, 0) is 4.79 Å². The first kappa shape index (κ1) is 43.8. The van der Waals surface area contributed by atoms with Crippen molar-refractivity contribution < 1.29 is 35.5 Å². The zero-order valence-electron chi connectivity index (χ0n) is 30.4. The second kappa shape index (κ2) is 22.5. The Hall–Kier alpha value is -2.22. The van der Waals surface area contributed by atoms with Crippen LogP contribution in [0.25, 0.3) is 0 Å². The van der Waals surface area contributed by atoms with Crippen LogP contribution in [0.5, 0.6) is 0 Å². The van der Waals surface area contributed by atoms with E-state index in [9.17, 15) is 30.4 Å². The summed E-state index contributed by atoms with van der Waals surface area (Å²) in [5.41, 5.74) is 2.53. The SMILES string of the molecule is CCC.CCC.CCCCC1(CCCC)CSc2ccc(N(C)C)cc2C(c2cccc(NC(=O)[C@H](O)[C@@H](O)[C@H](O)C(O)CO)c2)N1O. The first-order valence-electron chi connectivity index (χ1n) is 17.5. The second-order valence-corrected chi connectivity index (χ2v) is 13.8. The predicted molar refractivity (Wildman–Crippen MR) is 197 cm³/mol. The predicted octanol–water partition coefficient (Wildman–Crippen LogP) is 5.97. The third-order valence-electron chi connectivity index (χ3n) is 8.02. The van der Waals surface area contributed by atoms with Crippen LogP contribution in [-0.4, -0.2) is 98.1 Å². The van der Waals surface area contributed by atoms with E-state index in [0.29, 0.717) is 5.69 Å². The van der Waals surface area contributed by atoms with E-state index in [4.69, 9.17) is 5.11 Å². The quantitative estimate of drug-likeness (QED) is 0.126. The van der Waals surface area contributed by atoms with Gasteiger partial charge in [0.15, 0.2) is 6.10 Å². The van der Waals surface area contributed by atoms with Crippen molar-refractivity contribution >= 4 is 29.0 Å². The summed E-state index contributed by atoms with van der Waals surface area (Å²) in [5.74, 6) is -0.256. The summed E-state index contributed by atoms with van der Waals surface area (Å²) in [5, 5.41) is 65.3. The molecule has 3 rings (SSSR count). The Balaban J connectivity index is 0.00000178. The molecule has 0 aromatic heterocycles.